The third kappa shape index (κ3) is 2.91. The van der Waals surface area contributed by atoms with E-state index in [1.54, 1.807) is 0 Å². The van der Waals surface area contributed by atoms with E-state index in [1.165, 1.54) is 32.4 Å². The fourth-order valence-corrected chi connectivity index (χ4v) is 2.46. The lowest BCUT2D eigenvalue weighted by Crippen LogP contribution is -2.61. The second-order valence-electron chi connectivity index (χ2n) is 4.76. The Morgan fingerprint density at radius 2 is 1.80 bits per heavy atom. The molecule has 4 heteroatoms. The van der Waals surface area contributed by atoms with Crippen LogP contribution in [0.4, 0.5) is 0 Å². The molecule has 0 bridgehead atoms. The second-order valence-corrected chi connectivity index (χ2v) is 4.76. The Morgan fingerprint density at radius 3 is 2.40 bits per heavy atom. The van der Waals surface area contributed by atoms with Gasteiger partial charge in [-0.25, -0.2) is 10.4 Å². The maximum Gasteiger partial charge on any atom is 0.0491 e. The predicted molar refractivity (Wildman–Crippen MR) is 60.4 cm³/mol. The Bertz CT molecular complexity index is 186. The van der Waals surface area contributed by atoms with Gasteiger partial charge in [0.15, 0.2) is 0 Å². The van der Waals surface area contributed by atoms with E-state index in [-0.39, 0.29) is 5.54 Å². The molecule has 15 heavy (non-hydrogen) atoms. The van der Waals surface area contributed by atoms with Gasteiger partial charge in [0, 0.05) is 38.4 Å². The van der Waals surface area contributed by atoms with Crippen LogP contribution in [0.1, 0.15) is 32.1 Å². The van der Waals surface area contributed by atoms with Gasteiger partial charge in [-0.2, -0.15) is 0 Å². The van der Waals surface area contributed by atoms with E-state index in [1.807, 2.05) is 0 Å². The van der Waals surface area contributed by atoms with Crippen molar-refractivity contribution in [2.24, 2.45) is 5.73 Å². The Labute approximate surface area is 92.1 Å². The summed E-state index contributed by atoms with van der Waals surface area (Å²) in [6.45, 7) is 4.74. The number of hydrogen-bond acceptors (Lipinski definition) is 4. The molecule has 0 atom stereocenters. The molecule has 0 aromatic heterocycles. The summed E-state index contributed by atoms with van der Waals surface area (Å²) in [5, 5.41) is 2.36. The molecule has 0 aliphatic carbocycles. The summed E-state index contributed by atoms with van der Waals surface area (Å²) >= 11 is 0. The molecule has 2 aliphatic rings. The third-order valence-electron chi connectivity index (χ3n) is 3.59. The first-order valence-corrected chi connectivity index (χ1v) is 6.15. The topological polar surface area (TPSA) is 50.5 Å². The minimum Gasteiger partial charge on any atom is -0.381 e. The molecule has 0 aromatic rings. The number of ether oxygens (including phenoxy) is 1. The van der Waals surface area contributed by atoms with Gasteiger partial charge in [0.05, 0.1) is 0 Å². The molecule has 2 fully saturated rings. The highest BCUT2D eigenvalue weighted by atomic mass is 16.5. The molecule has 0 unspecified atom stereocenters. The Kier molecular flexibility index (Phi) is 3.97. The van der Waals surface area contributed by atoms with E-state index in [4.69, 9.17) is 10.5 Å². The third-order valence-corrected chi connectivity index (χ3v) is 3.59. The van der Waals surface area contributed by atoms with Crippen molar-refractivity contribution >= 4 is 0 Å². The van der Waals surface area contributed by atoms with Crippen molar-refractivity contribution in [1.29, 1.82) is 0 Å². The molecule has 2 aliphatic heterocycles. The molecule has 0 amide bonds. The molecule has 88 valence electrons. The van der Waals surface area contributed by atoms with Crippen molar-refractivity contribution in [2.75, 3.05) is 32.8 Å². The zero-order valence-electron chi connectivity index (χ0n) is 9.50. The zero-order chi connectivity index (χ0) is 10.6. The van der Waals surface area contributed by atoms with Gasteiger partial charge in [-0.05, 0) is 25.7 Å². The fraction of sp³-hybridized carbons (Fsp3) is 1.00. The molecule has 0 radical (unpaired) electrons. The average molecular weight is 213 g/mol. The van der Waals surface area contributed by atoms with E-state index >= 15 is 0 Å². The van der Waals surface area contributed by atoms with Gasteiger partial charge < -0.3 is 10.5 Å². The molecule has 4 nitrogen and oxygen atoms in total. The van der Waals surface area contributed by atoms with Gasteiger partial charge in [0.2, 0.25) is 0 Å². The predicted octanol–water partition coefficient (Wildman–Crippen LogP) is 0.485. The van der Waals surface area contributed by atoms with Gasteiger partial charge in [-0.15, -0.1) is 0 Å². The quantitative estimate of drug-likeness (QED) is 0.716. The minimum absolute atomic E-state index is 0.107. The summed E-state index contributed by atoms with van der Waals surface area (Å²) in [5.74, 6) is 0. The summed E-state index contributed by atoms with van der Waals surface area (Å²) in [7, 11) is 0. The number of nitrogens with one attached hydrogen (secondary N) is 1. The van der Waals surface area contributed by atoms with Crippen molar-refractivity contribution < 1.29 is 4.74 Å². The number of nitrogens with zero attached hydrogens (tertiary/aromatic N) is 1. The molecule has 3 N–H and O–H groups in total. The van der Waals surface area contributed by atoms with Crippen LogP contribution in [0.5, 0.6) is 0 Å². The lowest BCUT2D eigenvalue weighted by atomic mass is 9.91. The van der Waals surface area contributed by atoms with Crippen molar-refractivity contribution in [1.82, 2.24) is 10.4 Å². The standard InChI is InChI=1S/C11H23N3O/c12-10-11(4-8-15-9-5-11)13-14-6-2-1-3-7-14/h13H,1-10,12H2. The maximum absolute atomic E-state index is 5.91. The first kappa shape index (κ1) is 11.3. The average Bonchev–Trinajstić information content (AvgIpc) is 2.32. The van der Waals surface area contributed by atoms with Crippen LogP contribution in [-0.2, 0) is 4.74 Å². The Morgan fingerprint density at radius 1 is 1.13 bits per heavy atom. The maximum atomic E-state index is 5.91. The van der Waals surface area contributed by atoms with Crippen molar-refractivity contribution in [3.8, 4) is 0 Å². The van der Waals surface area contributed by atoms with Gasteiger partial charge >= 0.3 is 0 Å². The summed E-state index contributed by atoms with van der Waals surface area (Å²) in [4.78, 5) is 0. The summed E-state index contributed by atoms with van der Waals surface area (Å²) in [5.41, 5.74) is 9.67. The molecular formula is C11H23N3O. The summed E-state index contributed by atoms with van der Waals surface area (Å²) in [6, 6.07) is 0. The largest absolute Gasteiger partial charge is 0.381 e. The molecule has 0 spiro atoms. The number of nitrogens with two attached hydrogens (primary N) is 1. The van der Waals surface area contributed by atoms with Crippen LogP contribution in [-0.4, -0.2) is 43.4 Å². The highest BCUT2D eigenvalue weighted by Crippen LogP contribution is 2.21. The van der Waals surface area contributed by atoms with Crippen molar-refractivity contribution in [3.63, 3.8) is 0 Å². The first-order chi connectivity index (χ1) is 7.35. The van der Waals surface area contributed by atoms with Crippen LogP contribution in [0.2, 0.25) is 0 Å². The molecular weight excluding hydrogens is 190 g/mol. The Hall–Kier alpha value is -0.160. The van der Waals surface area contributed by atoms with E-state index in [0.29, 0.717) is 6.54 Å². The number of piperidine rings is 1. The van der Waals surface area contributed by atoms with E-state index in [2.05, 4.69) is 10.4 Å². The molecule has 0 saturated carbocycles. The summed E-state index contributed by atoms with van der Waals surface area (Å²) < 4.78 is 5.40. The van der Waals surface area contributed by atoms with Crippen LogP contribution in [0.15, 0.2) is 0 Å². The molecule has 0 aromatic carbocycles. The van der Waals surface area contributed by atoms with E-state index in [0.717, 1.165) is 26.1 Å². The summed E-state index contributed by atoms with van der Waals surface area (Å²) in [6.07, 6.45) is 6.07. The normalized spacial score (nSPS) is 27.8. The highest BCUT2D eigenvalue weighted by molar-refractivity contribution is 4.90. The Balaban J connectivity index is 1.87. The van der Waals surface area contributed by atoms with Crippen LogP contribution in [0.3, 0.4) is 0 Å². The first-order valence-electron chi connectivity index (χ1n) is 6.15. The molecule has 2 saturated heterocycles. The smallest absolute Gasteiger partial charge is 0.0491 e. The van der Waals surface area contributed by atoms with Gasteiger partial charge in [-0.3, -0.25) is 0 Å². The minimum atomic E-state index is 0.107. The van der Waals surface area contributed by atoms with Gasteiger partial charge in [-0.1, -0.05) is 6.42 Å². The number of hydrazine groups is 1. The second kappa shape index (κ2) is 5.25. The van der Waals surface area contributed by atoms with E-state index in [9.17, 15) is 0 Å². The number of hydrogen-bond donors (Lipinski definition) is 2. The van der Waals surface area contributed by atoms with Gasteiger partial charge in [0.1, 0.15) is 0 Å². The highest BCUT2D eigenvalue weighted by Gasteiger charge is 2.32. The van der Waals surface area contributed by atoms with E-state index < -0.39 is 0 Å². The monoisotopic (exact) mass is 213 g/mol. The lowest BCUT2D eigenvalue weighted by molar-refractivity contribution is -0.00533. The van der Waals surface area contributed by atoms with Crippen molar-refractivity contribution in [2.45, 2.75) is 37.6 Å². The van der Waals surface area contributed by atoms with Crippen LogP contribution >= 0.6 is 0 Å². The number of rotatable bonds is 3. The molecule has 2 rings (SSSR count). The molecule has 2 heterocycles. The lowest BCUT2D eigenvalue weighted by Gasteiger charge is -2.42. The SMILES string of the molecule is NCC1(NN2CCCCC2)CCOCC1. The van der Waals surface area contributed by atoms with Crippen molar-refractivity contribution in [3.05, 3.63) is 0 Å². The fourth-order valence-electron chi connectivity index (χ4n) is 2.46. The van der Waals surface area contributed by atoms with Crippen LogP contribution in [0, 0.1) is 0 Å². The van der Waals surface area contributed by atoms with Crippen LogP contribution in [0.25, 0.3) is 0 Å². The van der Waals surface area contributed by atoms with Crippen LogP contribution < -0.4 is 11.2 Å². The zero-order valence-corrected chi connectivity index (χ0v) is 9.50. The van der Waals surface area contributed by atoms with Gasteiger partial charge in [0.25, 0.3) is 0 Å².